The minimum absolute atomic E-state index is 0.391. The van der Waals surface area contributed by atoms with Crippen molar-refractivity contribution in [3.8, 4) is 0 Å². The molecule has 0 spiro atoms. The Morgan fingerprint density at radius 3 is 1.50 bits per heavy atom. The third-order valence-electron chi connectivity index (χ3n) is 2.68. The highest BCUT2D eigenvalue weighted by Gasteiger charge is 2.33. The summed E-state index contributed by atoms with van der Waals surface area (Å²) in [5.41, 5.74) is 11.5. The molecule has 0 radical (unpaired) electrons. The first-order valence-corrected chi connectivity index (χ1v) is 4.41. The van der Waals surface area contributed by atoms with Crippen molar-refractivity contribution in [1.82, 2.24) is 0 Å². The van der Waals surface area contributed by atoms with Crippen molar-refractivity contribution in [2.24, 2.45) is 23.3 Å². The second kappa shape index (κ2) is 3.65. The molecule has 1 aliphatic carbocycles. The quantitative estimate of drug-likeness (QED) is 0.653. The molecular formula is C10H14N2O2. The Hall–Kier alpha value is -1.58. The van der Waals surface area contributed by atoms with E-state index in [2.05, 4.69) is 13.2 Å². The predicted molar refractivity (Wildman–Crippen MR) is 52.9 cm³/mol. The zero-order valence-corrected chi connectivity index (χ0v) is 7.95. The van der Waals surface area contributed by atoms with E-state index in [1.165, 1.54) is 0 Å². The van der Waals surface area contributed by atoms with Gasteiger partial charge >= 0.3 is 0 Å². The molecule has 0 aromatic carbocycles. The van der Waals surface area contributed by atoms with E-state index in [1.54, 1.807) is 0 Å². The molecule has 1 fully saturated rings. The summed E-state index contributed by atoms with van der Waals surface area (Å²) >= 11 is 0. The molecule has 4 nitrogen and oxygen atoms in total. The summed E-state index contributed by atoms with van der Waals surface area (Å²) in [7, 11) is 0. The van der Waals surface area contributed by atoms with Crippen LogP contribution >= 0.6 is 0 Å². The fourth-order valence-electron chi connectivity index (χ4n) is 1.76. The smallest absolute Gasteiger partial charge is 0.224 e. The van der Waals surface area contributed by atoms with Gasteiger partial charge in [-0.05, 0) is 24.0 Å². The van der Waals surface area contributed by atoms with Gasteiger partial charge in [0.2, 0.25) is 11.8 Å². The van der Waals surface area contributed by atoms with Crippen molar-refractivity contribution in [2.45, 2.75) is 12.8 Å². The van der Waals surface area contributed by atoms with Crippen LogP contribution in [-0.2, 0) is 9.59 Å². The average molecular weight is 194 g/mol. The summed E-state index contributed by atoms with van der Waals surface area (Å²) < 4.78 is 0. The van der Waals surface area contributed by atoms with E-state index in [4.69, 9.17) is 11.5 Å². The van der Waals surface area contributed by atoms with Gasteiger partial charge in [0.05, 0.1) is 11.8 Å². The lowest BCUT2D eigenvalue weighted by molar-refractivity contribution is -0.124. The van der Waals surface area contributed by atoms with E-state index in [9.17, 15) is 9.59 Å². The van der Waals surface area contributed by atoms with Gasteiger partial charge in [0.25, 0.3) is 0 Å². The van der Waals surface area contributed by atoms with Gasteiger partial charge in [-0.15, -0.1) is 0 Å². The number of carbonyl (C=O) groups excluding carboxylic acids is 2. The van der Waals surface area contributed by atoms with Gasteiger partial charge < -0.3 is 11.5 Å². The van der Waals surface area contributed by atoms with Crippen molar-refractivity contribution in [3.05, 3.63) is 24.3 Å². The number of hydrogen-bond donors (Lipinski definition) is 2. The van der Waals surface area contributed by atoms with E-state index in [0.717, 1.165) is 0 Å². The van der Waals surface area contributed by atoms with Crippen molar-refractivity contribution >= 4 is 11.8 Å². The topological polar surface area (TPSA) is 86.2 Å². The SMILES string of the molecule is C=C1C(=C)C(C(N)=O)CCC1C(N)=O. The predicted octanol–water partition coefficient (Wildman–Crippen LogP) is 0.0956. The largest absolute Gasteiger partial charge is 0.369 e. The maximum atomic E-state index is 11.0. The third kappa shape index (κ3) is 1.69. The standard InChI is InChI=1S/C10H14N2O2/c1-5-6(2)8(10(12)14)4-3-7(5)9(11)13/h7-8H,1-4H2,(H2,11,13)(H2,12,14). The molecule has 0 aromatic heterocycles. The van der Waals surface area contributed by atoms with Crippen LogP contribution in [0, 0.1) is 11.8 Å². The Kier molecular flexibility index (Phi) is 2.74. The highest BCUT2D eigenvalue weighted by atomic mass is 16.1. The van der Waals surface area contributed by atoms with Crippen molar-refractivity contribution in [1.29, 1.82) is 0 Å². The maximum absolute atomic E-state index is 11.0. The summed E-state index contributed by atoms with van der Waals surface area (Å²) in [6.07, 6.45) is 1.06. The summed E-state index contributed by atoms with van der Waals surface area (Å²) in [4.78, 5) is 22.0. The molecule has 76 valence electrons. The van der Waals surface area contributed by atoms with E-state index >= 15 is 0 Å². The molecule has 0 aliphatic heterocycles. The summed E-state index contributed by atoms with van der Waals surface area (Å²) in [5.74, 6) is -1.62. The molecule has 1 rings (SSSR count). The Morgan fingerprint density at radius 2 is 1.29 bits per heavy atom. The maximum Gasteiger partial charge on any atom is 0.224 e. The van der Waals surface area contributed by atoms with E-state index < -0.39 is 23.7 Å². The van der Waals surface area contributed by atoms with E-state index in [0.29, 0.717) is 24.0 Å². The number of hydrogen-bond acceptors (Lipinski definition) is 2. The Labute approximate surface area is 82.6 Å². The molecule has 4 heteroatoms. The molecule has 1 saturated carbocycles. The fourth-order valence-corrected chi connectivity index (χ4v) is 1.76. The molecular weight excluding hydrogens is 180 g/mol. The lowest BCUT2D eigenvalue weighted by Crippen LogP contribution is -2.35. The Morgan fingerprint density at radius 1 is 1.00 bits per heavy atom. The number of primary amides is 2. The summed E-state index contributed by atoms with van der Waals surface area (Å²) in [5, 5.41) is 0. The first kappa shape index (κ1) is 10.5. The minimum atomic E-state index is -0.418. The molecule has 2 atom stereocenters. The molecule has 14 heavy (non-hydrogen) atoms. The molecule has 2 unspecified atom stereocenters. The third-order valence-corrected chi connectivity index (χ3v) is 2.68. The van der Waals surface area contributed by atoms with E-state index in [-0.39, 0.29) is 0 Å². The number of rotatable bonds is 2. The Bertz CT molecular complexity index is 288. The molecule has 0 saturated heterocycles. The lowest BCUT2D eigenvalue weighted by Gasteiger charge is -2.29. The van der Waals surface area contributed by atoms with Crippen molar-refractivity contribution in [2.75, 3.05) is 0 Å². The van der Waals surface area contributed by atoms with Gasteiger partial charge in [-0.3, -0.25) is 9.59 Å². The lowest BCUT2D eigenvalue weighted by atomic mass is 9.75. The number of carbonyl (C=O) groups is 2. The first-order chi connectivity index (χ1) is 6.45. The fraction of sp³-hybridized carbons (Fsp3) is 0.400. The zero-order valence-electron chi connectivity index (χ0n) is 7.95. The molecule has 1 aliphatic rings. The van der Waals surface area contributed by atoms with Crippen LogP contribution in [0.2, 0.25) is 0 Å². The summed E-state index contributed by atoms with van der Waals surface area (Å²) in [6.45, 7) is 7.44. The van der Waals surface area contributed by atoms with Gasteiger partial charge in [-0.1, -0.05) is 13.2 Å². The number of nitrogens with two attached hydrogens (primary N) is 2. The summed E-state index contributed by atoms with van der Waals surface area (Å²) in [6, 6.07) is 0. The highest BCUT2D eigenvalue weighted by molar-refractivity contribution is 5.85. The van der Waals surface area contributed by atoms with Crippen LogP contribution in [0.25, 0.3) is 0 Å². The van der Waals surface area contributed by atoms with Crippen LogP contribution in [0.5, 0.6) is 0 Å². The van der Waals surface area contributed by atoms with Crippen LogP contribution in [0.1, 0.15) is 12.8 Å². The first-order valence-electron chi connectivity index (χ1n) is 4.41. The van der Waals surface area contributed by atoms with Crippen LogP contribution in [0.15, 0.2) is 24.3 Å². The van der Waals surface area contributed by atoms with Gasteiger partial charge in [-0.25, -0.2) is 0 Å². The van der Waals surface area contributed by atoms with Crippen LogP contribution in [0.4, 0.5) is 0 Å². The second-order valence-corrected chi connectivity index (χ2v) is 3.54. The minimum Gasteiger partial charge on any atom is -0.369 e. The van der Waals surface area contributed by atoms with Crippen LogP contribution in [-0.4, -0.2) is 11.8 Å². The zero-order chi connectivity index (χ0) is 10.9. The number of amides is 2. The van der Waals surface area contributed by atoms with Gasteiger partial charge in [-0.2, -0.15) is 0 Å². The van der Waals surface area contributed by atoms with Gasteiger partial charge in [0.1, 0.15) is 0 Å². The van der Waals surface area contributed by atoms with Gasteiger partial charge in [0, 0.05) is 0 Å². The molecule has 4 N–H and O–H groups in total. The normalized spacial score (nSPS) is 27.4. The highest BCUT2D eigenvalue weighted by Crippen LogP contribution is 2.35. The molecule has 0 bridgehead atoms. The van der Waals surface area contributed by atoms with Crippen LogP contribution < -0.4 is 11.5 Å². The molecule has 0 aromatic rings. The average Bonchev–Trinajstić information content (AvgIpc) is 2.08. The molecule has 0 heterocycles. The van der Waals surface area contributed by atoms with Crippen molar-refractivity contribution < 1.29 is 9.59 Å². The Balaban J connectivity index is 2.85. The second-order valence-electron chi connectivity index (χ2n) is 3.54. The van der Waals surface area contributed by atoms with Gasteiger partial charge in [0.15, 0.2) is 0 Å². The van der Waals surface area contributed by atoms with E-state index in [1.807, 2.05) is 0 Å². The monoisotopic (exact) mass is 194 g/mol. The van der Waals surface area contributed by atoms with Crippen LogP contribution in [0.3, 0.4) is 0 Å². The molecule has 2 amide bonds. The van der Waals surface area contributed by atoms with Crippen molar-refractivity contribution in [3.63, 3.8) is 0 Å².